The van der Waals surface area contributed by atoms with Gasteiger partial charge < -0.3 is 14.5 Å². The Balaban J connectivity index is 1.67. The van der Waals surface area contributed by atoms with Crippen molar-refractivity contribution in [3.8, 4) is 0 Å². The smallest absolute Gasteiger partial charge is 0.260 e. The standard InChI is InChI=1S/C17H14N4O3/c22-16(10-21-11-18-14-7-3-4-8-15(14)21)20-19-9-12-5-1-2-6-13(12)17(23)24/h1-9,11H,10H2,(H,20,22)(H,23,24)/p-1/b19-9-. The third-order valence-corrected chi connectivity index (χ3v) is 3.41. The molecule has 3 aromatic rings. The lowest BCUT2D eigenvalue weighted by molar-refractivity contribution is -0.255. The molecule has 1 aromatic heterocycles. The summed E-state index contributed by atoms with van der Waals surface area (Å²) in [4.78, 5) is 27.1. The fourth-order valence-corrected chi connectivity index (χ4v) is 2.30. The summed E-state index contributed by atoms with van der Waals surface area (Å²) in [5.41, 5.74) is 4.38. The van der Waals surface area contributed by atoms with Crippen LogP contribution in [0.5, 0.6) is 0 Å². The van der Waals surface area contributed by atoms with Gasteiger partial charge in [-0.15, -0.1) is 0 Å². The second-order valence-electron chi connectivity index (χ2n) is 5.03. The molecule has 0 bridgehead atoms. The number of carboxylic acids is 1. The SMILES string of the molecule is O=C(Cn1cnc2ccccc21)N/N=C\c1ccccc1C(=O)[O-]. The van der Waals surface area contributed by atoms with E-state index in [2.05, 4.69) is 15.5 Å². The quantitative estimate of drug-likeness (QED) is 0.548. The third kappa shape index (κ3) is 3.30. The molecule has 24 heavy (non-hydrogen) atoms. The molecule has 1 amide bonds. The number of nitrogens with zero attached hydrogens (tertiary/aromatic N) is 3. The molecule has 0 radical (unpaired) electrons. The number of nitrogens with one attached hydrogen (secondary N) is 1. The van der Waals surface area contributed by atoms with Gasteiger partial charge in [0.25, 0.3) is 5.91 Å². The zero-order chi connectivity index (χ0) is 16.9. The number of imidazole rings is 1. The maximum absolute atomic E-state index is 12.0. The van der Waals surface area contributed by atoms with E-state index in [-0.39, 0.29) is 18.0 Å². The van der Waals surface area contributed by atoms with Crippen molar-refractivity contribution in [1.29, 1.82) is 0 Å². The van der Waals surface area contributed by atoms with Gasteiger partial charge in [0.05, 0.1) is 29.5 Å². The van der Waals surface area contributed by atoms with E-state index in [0.29, 0.717) is 5.56 Å². The molecule has 7 nitrogen and oxygen atoms in total. The Labute approximate surface area is 137 Å². The van der Waals surface area contributed by atoms with Crippen LogP contribution in [0.3, 0.4) is 0 Å². The first-order valence-electron chi connectivity index (χ1n) is 7.17. The molecule has 2 aromatic carbocycles. The average molecular weight is 321 g/mol. The van der Waals surface area contributed by atoms with E-state index in [1.165, 1.54) is 12.3 Å². The molecule has 0 unspecified atom stereocenters. The van der Waals surface area contributed by atoms with Crippen molar-refractivity contribution in [3.05, 3.63) is 66.0 Å². The third-order valence-electron chi connectivity index (χ3n) is 3.41. The van der Waals surface area contributed by atoms with Crippen molar-refractivity contribution in [2.24, 2.45) is 5.10 Å². The van der Waals surface area contributed by atoms with E-state index in [1.54, 1.807) is 29.1 Å². The Bertz CT molecular complexity index is 930. The number of carboxylic acid groups (broad SMARTS) is 1. The number of benzene rings is 2. The summed E-state index contributed by atoms with van der Waals surface area (Å²) in [6, 6.07) is 13.7. The summed E-state index contributed by atoms with van der Waals surface area (Å²) >= 11 is 0. The number of hydrogen-bond acceptors (Lipinski definition) is 5. The number of aromatic nitrogens is 2. The van der Waals surface area contributed by atoms with Gasteiger partial charge in [-0.3, -0.25) is 4.79 Å². The Morgan fingerprint density at radius 2 is 1.92 bits per heavy atom. The number of hydrazone groups is 1. The molecule has 1 N–H and O–H groups in total. The molecule has 0 saturated heterocycles. The zero-order valence-electron chi connectivity index (χ0n) is 12.5. The number of rotatable bonds is 5. The maximum Gasteiger partial charge on any atom is 0.260 e. The summed E-state index contributed by atoms with van der Waals surface area (Å²) in [5.74, 6) is -1.64. The highest BCUT2D eigenvalue weighted by Crippen LogP contribution is 2.11. The van der Waals surface area contributed by atoms with Gasteiger partial charge in [-0.05, 0) is 12.1 Å². The topological polar surface area (TPSA) is 99.4 Å². The minimum atomic E-state index is -1.30. The number of para-hydroxylation sites is 2. The molecule has 3 rings (SSSR count). The first kappa shape index (κ1) is 15.4. The van der Waals surface area contributed by atoms with Gasteiger partial charge in [-0.25, -0.2) is 10.4 Å². The molecule has 0 aliphatic heterocycles. The Morgan fingerprint density at radius 1 is 1.17 bits per heavy atom. The van der Waals surface area contributed by atoms with Crippen molar-refractivity contribution < 1.29 is 14.7 Å². The van der Waals surface area contributed by atoms with E-state index in [9.17, 15) is 14.7 Å². The van der Waals surface area contributed by atoms with Gasteiger partial charge in [0, 0.05) is 11.1 Å². The normalized spacial score (nSPS) is 11.0. The van der Waals surface area contributed by atoms with Crippen LogP contribution >= 0.6 is 0 Å². The van der Waals surface area contributed by atoms with Crippen LogP contribution in [0.25, 0.3) is 11.0 Å². The van der Waals surface area contributed by atoms with E-state index < -0.39 is 5.97 Å². The first-order chi connectivity index (χ1) is 11.6. The van der Waals surface area contributed by atoms with Crippen LogP contribution in [-0.2, 0) is 11.3 Å². The summed E-state index contributed by atoms with van der Waals surface area (Å²) in [6.07, 6.45) is 2.86. The molecule has 0 saturated carbocycles. The number of carbonyl (C=O) groups excluding carboxylic acids is 2. The fraction of sp³-hybridized carbons (Fsp3) is 0.0588. The van der Waals surface area contributed by atoms with Crippen molar-refractivity contribution in [1.82, 2.24) is 15.0 Å². The van der Waals surface area contributed by atoms with Crippen LogP contribution in [0.15, 0.2) is 60.0 Å². The summed E-state index contributed by atoms with van der Waals surface area (Å²) in [5, 5.41) is 14.8. The molecule has 120 valence electrons. The summed E-state index contributed by atoms with van der Waals surface area (Å²) in [7, 11) is 0. The Kier molecular flexibility index (Phi) is 4.33. The predicted octanol–water partition coefficient (Wildman–Crippen LogP) is 0.550. The highest BCUT2D eigenvalue weighted by Gasteiger charge is 2.06. The molecule has 0 fully saturated rings. The molecule has 0 aliphatic rings. The molecule has 0 atom stereocenters. The molecular formula is C17H13N4O3-. The lowest BCUT2D eigenvalue weighted by Gasteiger charge is -2.06. The molecule has 0 aliphatic carbocycles. The van der Waals surface area contributed by atoms with Gasteiger partial charge in [-0.2, -0.15) is 5.10 Å². The van der Waals surface area contributed by atoms with E-state index in [4.69, 9.17) is 0 Å². The van der Waals surface area contributed by atoms with Gasteiger partial charge in [0.15, 0.2) is 0 Å². The van der Waals surface area contributed by atoms with Crippen LogP contribution in [0.2, 0.25) is 0 Å². The summed E-state index contributed by atoms with van der Waals surface area (Å²) in [6.45, 7) is 0.0555. The van der Waals surface area contributed by atoms with Crippen molar-refractivity contribution in [3.63, 3.8) is 0 Å². The number of fused-ring (bicyclic) bond motifs is 1. The van der Waals surface area contributed by atoms with Crippen LogP contribution in [-0.4, -0.2) is 27.6 Å². The largest absolute Gasteiger partial charge is 0.545 e. The molecule has 7 heteroatoms. The lowest BCUT2D eigenvalue weighted by Crippen LogP contribution is -2.25. The zero-order valence-corrected chi connectivity index (χ0v) is 12.5. The van der Waals surface area contributed by atoms with Crippen LogP contribution in [0.4, 0.5) is 0 Å². The van der Waals surface area contributed by atoms with Gasteiger partial charge in [-0.1, -0.05) is 36.4 Å². The van der Waals surface area contributed by atoms with Crippen LogP contribution in [0.1, 0.15) is 15.9 Å². The number of carbonyl (C=O) groups is 2. The highest BCUT2D eigenvalue weighted by atomic mass is 16.4. The molecule has 1 heterocycles. The van der Waals surface area contributed by atoms with E-state index in [0.717, 1.165) is 11.0 Å². The van der Waals surface area contributed by atoms with Gasteiger partial charge >= 0.3 is 0 Å². The fourth-order valence-electron chi connectivity index (χ4n) is 2.30. The van der Waals surface area contributed by atoms with Crippen molar-refractivity contribution >= 4 is 29.1 Å². The minimum absolute atomic E-state index is 0.0103. The average Bonchev–Trinajstić information content (AvgIpc) is 2.98. The number of aromatic carboxylic acids is 1. The molecule has 0 spiro atoms. The second kappa shape index (κ2) is 6.74. The highest BCUT2D eigenvalue weighted by molar-refractivity contribution is 5.97. The number of hydrogen-bond donors (Lipinski definition) is 1. The van der Waals surface area contributed by atoms with Crippen LogP contribution < -0.4 is 10.5 Å². The minimum Gasteiger partial charge on any atom is -0.545 e. The maximum atomic E-state index is 12.0. The van der Waals surface area contributed by atoms with Crippen LogP contribution in [0, 0.1) is 0 Å². The first-order valence-corrected chi connectivity index (χ1v) is 7.17. The van der Waals surface area contributed by atoms with E-state index in [1.807, 2.05) is 24.3 Å². The molecular weight excluding hydrogens is 308 g/mol. The Hall–Kier alpha value is -3.48. The predicted molar refractivity (Wildman–Crippen MR) is 86.2 cm³/mol. The lowest BCUT2D eigenvalue weighted by atomic mass is 10.1. The second-order valence-corrected chi connectivity index (χ2v) is 5.03. The van der Waals surface area contributed by atoms with Crippen molar-refractivity contribution in [2.75, 3.05) is 0 Å². The Morgan fingerprint density at radius 3 is 2.75 bits per heavy atom. The number of amides is 1. The monoisotopic (exact) mass is 321 g/mol. The van der Waals surface area contributed by atoms with Gasteiger partial charge in [0.1, 0.15) is 6.54 Å². The summed E-state index contributed by atoms with van der Waals surface area (Å²) < 4.78 is 1.70. The van der Waals surface area contributed by atoms with Gasteiger partial charge in [0.2, 0.25) is 0 Å². The van der Waals surface area contributed by atoms with E-state index >= 15 is 0 Å². The van der Waals surface area contributed by atoms with Crippen molar-refractivity contribution in [2.45, 2.75) is 6.54 Å².